The third kappa shape index (κ3) is 4.03. The molecular formula is C21H25N3O4S. The quantitative estimate of drug-likeness (QED) is 0.566. The molecule has 0 unspecified atom stereocenters. The zero-order valence-electron chi connectivity index (χ0n) is 17.0. The van der Waals surface area contributed by atoms with Crippen molar-refractivity contribution >= 4 is 33.8 Å². The van der Waals surface area contributed by atoms with Gasteiger partial charge in [-0.2, -0.15) is 0 Å². The number of primary amides is 1. The van der Waals surface area contributed by atoms with Crippen LogP contribution in [0.25, 0.3) is 0 Å². The number of fused-ring (bicyclic) bond motifs is 1. The van der Waals surface area contributed by atoms with Gasteiger partial charge in [0.05, 0.1) is 10.5 Å². The monoisotopic (exact) mass is 415 g/mol. The molecule has 3 N–H and O–H groups in total. The summed E-state index contributed by atoms with van der Waals surface area (Å²) in [6, 6.07) is 4.37. The van der Waals surface area contributed by atoms with Crippen LogP contribution in [0.1, 0.15) is 63.9 Å². The van der Waals surface area contributed by atoms with Crippen molar-refractivity contribution in [3.63, 3.8) is 0 Å². The maximum atomic E-state index is 12.8. The predicted molar refractivity (Wildman–Crippen MR) is 114 cm³/mol. The standard InChI is InChI=1S/C21H25N3O4S/c1-11-13(6-5-7-15(11)24(27)28)19(26)23-20-17(18(22)25)14-9-8-12(21(2,3)4)10-16(14)29-20/h5-7,12H,8-10H2,1-4H3,(H2,22,25)(H,23,26)/t12-/m0/s1. The highest BCUT2D eigenvalue weighted by Gasteiger charge is 2.33. The number of nitrogens with one attached hydrogen (secondary N) is 1. The van der Waals surface area contributed by atoms with E-state index in [-0.39, 0.29) is 22.2 Å². The fraction of sp³-hybridized carbons (Fsp3) is 0.429. The van der Waals surface area contributed by atoms with E-state index < -0.39 is 16.7 Å². The minimum Gasteiger partial charge on any atom is -0.365 e. The number of nitro benzene ring substituents is 1. The molecule has 8 heteroatoms. The summed E-state index contributed by atoms with van der Waals surface area (Å²) in [4.78, 5) is 36.7. The Morgan fingerprint density at radius 2 is 2.00 bits per heavy atom. The second kappa shape index (κ2) is 7.59. The highest BCUT2D eigenvalue weighted by Crippen LogP contribution is 2.44. The van der Waals surface area contributed by atoms with Gasteiger partial charge in [0.1, 0.15) is 5.00 Å². The summed E-state index contributed by atoms with van der Waals surface area (Å²) < 4.78 is 0. The van der Waals surface area contributed by atoms with Crippen LogP contribution in [0.5, 0.6) is 0 Å². The van der Waals surface area contributed by atoms with Crippen LogP contribution in [0.4, 0.5) is 10.7 Å². The molecular weight excluding hydrogens is 390 g/mol. The molecule has 0 aliphatic heterocycles. The molecule has 1 aromatic carbocycles. The number of nitro groups is 1. The van der Waals surface area contributed by atoms with Crippen LogP contribution in [0.15, 0.2) is 18.2 Å². The van der Waals surface area contributed by atoms with E-state index in [0.717, 1.165) is 29.7 Å². The van der Waals surface area contributed by atoms with Gasteiger partial charge < -0.3 is 11.1 Å². The smallest absolute Gasteiger partial charge is 0.273 e. The lowest BCUT2D eigenvalue weighted by molar-refractivity contribution is -0.385. The van der Waals surface area contributed by atoms with Gasteiger partial charge in [-0.05, 0) is 49.1 Å². The molecule has 0 saturated carbocycles. The fourth-order valence-corrected chi connectivity index (χ4v) is 5.24. The molecule has 154 valence electrons. The first kappa shape index (κ1) is 21.0. The second-order valence-corrected chi connectivity index (χ2v) is 9.64. The molecule has 1 atom stereocenters. The third-order valence-corrected chi connectivity index (χ3v) is 6.88. The number of anilines is 1. The minimum atomic E-state index is -0.567. The number of rotatable bonds is 4. The Hall–Kier alpha value is -2.74. The largest absolute Gasteiger partial charge is 0.365 e. The molecule has 29 heavy (non-hydrogen) atoms. The lowest BCUT2D eigenvalue weighted by atomic mass is 9.72. The highest BCUT2D eigenvalue weighted by molar-refractivity contribution is 7.17. The van der Waals surface area contributed by atoms with Crippen LogP contribution in [-0.4, -0.2) is 16.7 Å². The van der Waals surface area contributed by atoms with Crippen molar-refractivity contribution in [3.05, 3.63) is 55.4 Å². The normalized spacial score (nSPS) is 16.2. The summed E-state index contributed by atoms with van der Waals surface area (Å²) in [6.07, 6.45) is 2.55. The molecule has 0 bridgehead atoms. The molecule has 2 amide bonds. The zero-order valence-corrected chi connectivity index (χ0v) is 17.8. The number of carbonyl (C=O) groups is 2. The Balaban J connectivity index is 1.96. The van der Waals surface area contributed by atoms with E-state index in [1.807, 2.05) is 0 Å². The molecule has 7 nitrogen and oxygen atoms in total. The Morgan fingerprint density at radius 3 is 2.59 bits per heavy atom. The summed E-state index contributed by atoms with van der Waals surface area (Å²) in [6.45, 7) is 8.16. The van der Waals surface area contributed by atoms with E-state index in [9.17, 15) is 19.7 Å². The maximum absolute atomic E-state index is 12.8. The van der Waals surface area contributed by atoms with Crippen LogP contribution in [0.3, 0.4) is 0 Å². The molecule has 1 aromatic heterocycles. The number of thiophene rings is 1. The van der Waals surface area contributed by atoms with Gasteiger partial charge in [0.15, 0.2) is 0 Å². The summed E-state index contributed by atoms with van der Waals surface area (Å²) in [5.41, 5.74) is 7.45. The predicted octanol–water partition coefficient (Wildman–Crippen LogP) is 4.47. The number of hydrogen-bond acceptors (Lipinski definition) is 5. The number of nitrogens with two attached hydrogens (primary N) is 1. The first-order valence-corrected chi connectivity index (χ1v) is 10.3. The van der Waals surface area contributed by atoms with Gasteiger partial charge in [-0.15, -0.1) is 11.3 Å². The van der Waals surface area contributed by atoms with E-state index in [0.29, 0.717) is 16.5 Å². The summed E-state index contributed by atoms with van der Waals surface area (Å²) >= 11 is 1.38. The highest BCUT2D eigenvalue weighted by atomic mass is 32.1. The Kier molecular flexibility index (Phi) is 5.49. The summed E-state index contributed by atoms with van der Waals surface area (Å²) in [7, 11) is 0. The van der Waals surface area contributed by atoms with E-state index in [1.54, 1.807) is 0 Å². The first-order chi connectivity index (χ1) is 13.5. The molecule has 0 spiro atoms. The Labute approximate surface area is 173 Å². The van der Waals surface area contributed by atoms with Gasteiger partial charge in [0.2, 0.25) is 0 Å². The van der Waals surface area contributed by atoms with Crippen molar-refractivity contribution in [2.45, 2.75) is 47.0 Å². The van der Waals surface area contributed by atoms with Crippen molar-refractivity contribution in [1.29, 1.82) is 0 Å². The number of benzene rings is 1. The van der Waals surface area contributed by atoms with Crippen molar-refractivity contribution in [3.8, 4) is 0 Å². The molecule has 1 aliphatic rings. The van der Waals surface area contributed by atoms with E-state index in [4.69, 9.17) is 5.73 Å². The average Bonchev–Trinajstić information content (AvgIpc) is 2.97. The average molecular weight is 416 g/mol. The van der Waals surface area contributed by atoms with Crippen molar-refractivity contribution < 1.29 is 14.5 Å². The van der Waals surface area contributed by atoms with Crippen LogP contribution in [-0.2, 0) is 12.8 Å². The molecule has 0 radical (unpaired) electrons. The minimum absolute atomic E-state index is 0.119. The lowest BCUT2D eigenvalue weighted by Gasteiger charge is -2.33. The van der Waals surface area contributed by atoms with Gasteiger partial charge in [-0.3, -0.25) is 19.7 Å². The number of hydrogen-bond donors (Lipinski definition) is 2. The molecule has 0 saturated heterocycles. The molecule has 1 aliphatic carbocycles. The van der Waals surface area contributed by atoms with E-state index in [1.165, 1.54) is 36.5 Å². The van der Waals surface area contributed by atoms with E-state index >= 15 is 0 Å². The third-order valence-electron chi connectivity index (χ3n) is 5.71. The Morgan fingerprint density at radius 1 is 1.31 bits per heavy atom. The van der Waals surface area contributed by atoms with Crippen LogP contribution in [0, 0.1) is 28.4 Å². The van der Waals surface area contributed by atoms with Gasteiger partial charge in [0, 0.05) is 22.1 Å². The van der Waals surface area contributed by atoms with E-state index in [2.05, 4.69) is 26.1 Å². The number of carbonyl (C=O) groups excluding carboxylic acids is 2. The van der Waals surface area contributed by atoms with Gasteiger partial charge >= 0.3 is 0 Å². The van der Waals surface area contributed by atoms with Crippen LogP contribution in [0.2, 0.25) is 0 Å². The SMILES string of the molecule is Cc1c(C(=O)Nc2sc3c(c2C(N)=O)CC[C@H](C(C)(C)C)C3)cccc1[N+](=O)[O-]. The fourth-order valence-electron chi connectivity index (χ4n) is 3.91. The maximum Gasteiger partial charge on any atom is 0.273 e. The molecule has 0 fully saturated rings. The lowest BCUT2D eigenvalue weighted by Crippen LogP contribution is -2.27. The zero-order chi connectivity index (χ0) is 21.5. The van der Waals surface area contributed by atoms with Gasteiger partial charge in [-0.25, -0.2) is 0 Å². The van der Waals surface area contributed by atoms with Gasteiger partial charge in [0.25, 0.3) is 17.5 Å². The molecule has 2 aromatic rings. The molecule has 1 heterocycles. The molecule has 3 rings (SSSR count). The summed E-state index contributed by atoms with van der Waals surface area (Å²) in [5.74, 6) is -0.570. The van der Waals surface area contributed by atoms with Crippen LogP contribution >= 0.6 is 11.3 Å². The van der Waals surface area contributed by atoms with Gasteiger partial charge in [-0.1, -0.05) is 26.8 Å². The van der Waals surface area contributed by atoms with Crippen molar-refractivity contribution in [2.24, 2.45) is 17.1 Å². The Bertz CT molecular complexity index is 1000. The summed E-state index contributed by atoms with van der Waals surface area (Å²) in [5, 5.41) is 14.4. The topological polar surface area (TPSA) is 115 Å². The first-order valence-electron chi connectivity index (χ1n) is 9.50. The second-order valence-electron chi connectivity index (χ2n) is 8.54. The number of nitrogens with zero attached hydrogens (tertiary/aromatic N) is 1. The van der Waals surface area contributed by atoms with Crippen LogP contribution < -0.4 is 11.1 Å². The van der Waals surface area contributed by atoms with Crippen molar-refractivity contribution in [2.75, 3.05) is 5.32 Å². The number of amides is 2. The van der Waals surface area contributed by atoms with Crippen molar-refractivity contribution in [1.82, 2.24) is 0 Å².